The maximum atomic E-state index is 14.3. The molecule has 3 aliphatic heterocycles. The number of nitrogens with zero attached hydrogens (tertiary/aromatic N) is 3. The Morgan fingerprint density at radius 1 is 0.838 bits per heavy atom. The van der Waals surface area contributed by atoms with Crippen molar-refractivity contribution in [1.29, 1.82) is 0 Å². The number of fused-ring (bicyclic) bond motifs is 5. The van der Waals surface area contributed by atoms with Crippen molar-refractivity contribution in [2.75, 3.05) is 11.4 Å². The molecule has 4 amide bonds. The second kappa shape index (κ2) is 7.38. The number of hydrogen-bond donors (Lipinski definition) is 0. The largest absolute Gasteiger partial charge is 0.460 e. The molecule has 1 unspecified atom stereocenters. The average molecular weight is 537 g/mol. The van der Waals surface area contributed by atoms with Crippen molar-refractivity contribution in [3.05, 3.63) is 53.9 Å². The van der Waals surface area contributed by atoms with Gasteiger partial charge in [-0.15, -0.1) is 0 Å². The first-order valence-corrected chi connectivity index (χ1v) is 10.4. The van der Waals surface area contributed by atoms with Gasteiger partial charge in [0.2, 0.25) is 0 Å². The van der Waals surface area contributed by atoms with Crippen LogP contribution in [0.3, 0.4) is 0 Å². The Morgan fingerprint density at radius 3 is 2.11 bits per heavy atom. The normalized spacial score (nSPS) is 20.6. The minimum absolute atomic E-state index is 0.0922. The van der Waals surface area contributed by atoms with Gasteiger partial charge in [-0.1, -0.05) is 36.4 Å². The van der Waals surface area contributed by atoms with E-state index in [9.17, 15) is 53.9 Å². The Balaban J connectivity index is 1.53. The van der Waals surface area contributed by atoms with Gasteiger partial charge < -0.3 is 4.90 Å². The predicted octanol–water partition coefficient (Wildman–Crippen LogP) is 4.90. The SMILES string of the molecule is O=C1C2=C3CC(CN3C(=O)C(F)(F)C(F)(F)C(F)(F)C(F)(F)F)N2C(=O)N1c1cccc2ccccc12. The van der Waals surface area contributed by atoms with Crippen molar-refractivity contribution in [3.63, 3.8) is 0 Å². The van der Waals surface area contributed by atoms with Gasteiger partial charge in [-0.25, -0.2) is 9.69 Å². The molecule has 0 N–H and O–H groups in total. The second-order valence-corrected chi connectivity index (χ2v) is 8.58. The number of benzene rings is 2. The number of urea groups is 1. The van der Waals surface area contributed by atoms with Crippen molar-refractivity contribution >= 4 is 34.3 Å². The van der Waals surface area contributed by atoms with Crippen LogP contribution in [-0.2, 0) is 9.59 Å². The maximum Gasteiger partial charge on any atom is 0.460 e. The number of carbonyl (C=O) groups excluding carboxylic acids is 3. The molecule has 196 valence electrons. The van der Waals surface area contributed by atoms with Crippen molar-refractivity contribution in [2.24, 2.45) is 0 Å². The van der Waals surface area contributed by atoms with Gasteiger partial charge in [0.1, 0.15) is 5.70 Å². The van der Waals surface area contributed by atoms with Gasteiger partial charge in [0.15, 0.2) is 0 Å². The van der Waals surface area contributed by atoms with Crippen molar-refractivity contribution in [3.8, 4) is 0 Å². The number of anilines is 1. The Morgan fingerprint density at radius 2 is 1.46 bits per heavy atom. The molecule has 0 aromatic heterocycles. The van der Waals surface area contributed by atoms with E-state index in [-0.39, 0.29) is 10.6 Å². The molecular formula is C22H12F9N3O3. The summed E-state index contributed by atoms with van der Waals surface area (Å²) >= 11 is 0. The lowest BCUT2D eigenvalue weighted by molar-refractivity contribution is -0.389. The van der Waals surface area contributed by atoms with Crippen LogP contribution in [0.25, 0.3) is 10.8 Å². The van der Waals surface area contributed by atoms with Gasteiger partial charge in [0, 0.05) is 18.4 Å². The van der Waals surface area contributed by atoms with Crippen LogP contribution < -0.4 is 4.90 Å². The molecule has 2 aromatic rings. The molecule has 3 heterocycles. The van der Waals surface area contributed by atoms with Crippen LogP contribution in [0.4, 0.5) is 50.0 Å². The summed E-state index contributed by atoms with van der Waals surface area (Å²) in [7, 11) is 0. The minimum Gasteiger partial charge on any atom is -0.306 e. The molecule has 5 rings (SSSR count). The van der Waals surface area contributed by atoms with E-state index in [0.29, 0.717) is 15.7 Å². The van der Waals surface area contributed by atoms with Crippen molar-refractivity contribution < 1.29 is 53.9 Å². The third kappa shape index (κ3) is 3.05. The molecule has 2 bridgehead atoms. The summed E-state index contributed by atoms with van der Waals surface area (Å²) in [4.78, 5) is 40.0. The van der Waals surface area contributed by atoms with Crippen LogP contribution in [0, 0.1) is 0 Å². The molecule has 1 atom stereocenters. The molecule has 0 saturated carbocycles. The number of alkyl halides is 9. The highest BCUT2D eigenvalue weighted by Crippen LogP contribution is 2.55. The fourth-order valence-corrected chi connectivity index (χ4v) is 4.72. The zero-order valence-corrected chi connectivity index (χ0v) is 18.0. The average Bonchev–Trinajstić information content (AvgIpc) is 3.48. The van der Waals surface area contributed by atoms with Gasteiger partial charge in [-0.05, 0) is 11.5 Å². The van der Waals surface area contributed by atoms with Gasteiger partial charge >= 0.3 is 35.9 Å². The molecular weight excluding hydrogens is 525 g/mol. The highest BCUT2D eigenvalue weighted by Gasteiger charge is 2.84. The van der Waals surface area contributed by atoms with E-state index >= 15 is 0 Å². The summed E-state index contributed by atoms with van der Waals surface area (Å²) in [5.74, 6) is -25.0. The van der Waals surface area contributed by atoms with Crippen molar-refractivity contribution in [1.82, 2.24) is 9.80 Å². The molecule has 15 heteroatoms. The first kappa shape index (κ1) is 24.9. The number of hydrogen-bond acceptors (Lipinski definition) is 3. The Labute approximate surface area is 200 Å². The lowest BCUT2D eigenvalue weighted by Crippen LogP contribution is -2.65. The highest BCUT2D eigenvalue weighted by molar-refractivity contribution is 6.30. The van der Waals surface area contributed by atoms with Crippen LogP contribution in [0.1, 0.15) is 6.42 Å². The fraction of sp³-hybridized carbons (Fsp3) is 0.318. The molecule has 0 spiro atoms. The van der Waals surface area contributed by atoms with E-state index < -0.39 is 72.2 Å². The monoisotopic (exact) mass is 537 g/mol. The third-order valence-corrected chi connectivity index (χ3v) is 6.50. The van der Waals surface area contributed by atoms with Crippen LogP contribution >= 0.6 is 0 Å². The molecule has 2 saturated heterocycles. The molecule has 6 nitrogen and oxygen atoms in total. The molecule has 2 aromatic carbocycles. The quantitative estimate of drug-likeness (QED) is 0.412. The van der Waals surface area contributed by atoms with Gasteiger partial charge in [0.25, 0.3) is 5.91 Å². The van der Waals surface area contributed by atoms with Gasteiger partial charge in [-0.3, -0.25) is 14.5 Å². The molecule has 37 heavy (non-hydrogen) atoms. The van der Waals surface area contributed by atoms with Crippen LogP contribution in [0.2, 0.25) is 0 Å². The van der Waals surface area contributed by atoms with Gasteiger partial charge in [-0.2, -0.15) is 39.5 Å². The zero-order valence-electron chi connectivity index (χ0n) is 18.0. The number of imide groups is 1. The summed E-state index contributed by atoms with van der Waals surface area (Å²) in [6.07, 6.45) is -7.53. The standard InChI is InChI=1S/C22H12F9N3O3/c23-19(24,20(25,26)21(27,28)22(29,30)31)17(36)32-9-11-8-14(32)15-16(35)34(18(37)33(11)15)13-7-3-5-10-4-1-2-6-12(10)13/h1-7,11H,8-9H2. The van der Waals surface area contributed by atoms with E-state index in [0.717, 1.165) is 4.90 Å². The van der Waals surface area contributed by atoms with E-state index in [4.69, 9.17) is 0 Å². The summed E-state index contributed by atoms with van der Waals surface area (Å²) in [6, 6.07) is 9.04. The maximum absolute atomic E-state index is 14.3. The molecule has 3 aliphatic rings. The summed E-state index contributed by atoms with van der Waals surface area (Å²) in [5, 5.41) is 1.07. The third-order valence-electron chi connectivity index (χ3n) is 6.50. The summed E-state index contributed by atoms with van der Waals surface area (Å²) in [6.45, 7) is -0.913. The Kier molecular flexibility index (Phi) is 4.97. The highest BCUT2D eigenvalue weighted by atomic mass is 19.4. The predicted molar refractivity (Wildman–Crippen MR) is 107 cm³/mol. The first-order chi connectivity index (χ1) is 17.0. The van der Waals surface area contributed by atoms with Gasteiger partial charge in [0.05, 0.1) is 17.4 Å². The fourth-order valence-electron chi connectivity index (χ4n) is 4.72. The number of halogens is 9. The summed E-state index contributed by atoms with van der Waals surface area (Å²) in [5.41, 5.74) is -1.18. The second-order valence-electron chi connectivity index (χ2n) is 8.58. The van der Waals surface area contributed by atoms with Crippen LogP contribution in [0.5, 0.6) is 0 Å². The first-order valence-electron chi connectivity index (χ1n) is 10.4. The lowest BCUT2D eigenvalue weighted by Gasteiger charge is -2.36. The zero-order chi connectivity index (χ0) is 27.3. The molecule has 2 fully saturated rings. The smallest absolute Gasteiger partial charge is 0.306 e. The van der Waals surface area contributed by atoms with E-state index in [1.165, 1.54) is 12.1 Å². The minimum atomic E-state index is -7.24. The number of rotatable bonds is 4. The van der Waals surface area contributed by atoms with Crippen molar-refractivity contribution in [2.45, 2.75) is 36.4 Å². The number of amides is 4. The number of carbonyl (C=O) groups is 3. The molecule has 0 aliphatic carbocycles. The van der Waals surface area contributed by atoms with Crippen LogP contribution in [-0.4, -0.2) is 64.2 Å². The summed E-state index contributed by atoms with van der Waals surface area (Å²) < 4.78 is 120. The lowest BCUT2D eigenvalue weighted by atomic mass is 10.0. The van der Waals surface area contributed by atoms with E-state index in [1.807, 2.05) is 0 Å². The van der Waals surface area contributed by atoms with E-state index in [1.54, 1.807) is 30.3 Å². The molecule has 0 radical (unpaired) electrons. The Hall–Kier alpha value is -3.78. The topological polar surface area (TPSA) is 60.9 Å². The van der Waals surface area contributed by atoms with Crippen LogP contribution in [0.15, 0.2) is 53.9 Å². The number of likely N-dealkylation sites (tertiary alicyclic amines) is 1. The Bertz CT molecular complexity index is 1400. The van der Waals surface area contributed by atoms with E-state index in [2.05, 4.69) is 0 Å².